The molecule has 2 aromatic rings. The van der Waals surface area contributed by atoms with Crippen LogP contribution in [0.2, 0.25) is 10.0 Å². The van der Waals surface area contributed by atoms with E-state index in [1.807, 2.05) is 25.1 Å². The molecule has 0 aliphatic rings. The summed E-state index contributed by atoms with van der Waals surface area (Å²) < 4.78 is 13.8. The van der Waals surface area contributed by atoms with Crippen LogP contribution >= 0.6 is 23.2 Å². The van der Waals surface area contributed by atoms with Gasteiger partial charge in [-0.3, -0.25) is 11.3 Å². The van der Waals surface area contributed by atoms with Crippen LogP contribution in [0.5, 0.6) is 0 Å². The highest BCUT2D eigenvalue weighted by molar-refractivity contribution is 6.31. The first-order valence-corrected chi connectivity index (χ1v) is 6.93. The molecule has 1 unspecified atom stereocenters. The summed E-state index contributed by atoms with van der Waals surface area (Å²) in [6.07, 6.45) is 0.367. The minimum absolute atomic E-state index is 0.281. The number of hydrogen-bond acceptors (Lipinski definition) is 2. The van der Waals surface area contributed by atoms with E-state index >= 15 is 0 Å². The molecular formula is C15H15Cl2FN2. The molecule has 0 aromatic heterocycles. The van der Waals surface area contributed by atoms with Crippen LogP contribution in [0.1, 0.15) is 22.7 Å². The Balaban J connectivity index is 2.31. The van der Waals surface area contributed by atoms with Gasteiger partial charge in [0, 0.05) is 10.0 Å². The number of nitrogens with two attached hydrogens (primary N) is 1. The summed E-state index contributed by atoms with van der Waals surface area (Å²) >= 11 is 12.1. The van der Waals surface area contributed by atoms with Gasteiger partial charge in [0.15, 0.2) is 0 Å². The van der Waals surface area contributed by atoms with Gasteiger partial charge in [-0.15, -0.1) is 0 Å². The molecule has 2 rings (SSSR count). The lowest BCUT2D eigenvalue weighted by atomic mass is 9.98. The largest absolute Gasteiger partial charge is 0.271 e. The van der Waals surface area contributed by atoms with E-state index in [0.717, 1.165) is 11.1 Å². The highest BCUT2D eigenvalue weighted by Crippen LogP contribution is 2.27. The van der Waals surface area contributed by atoms with Crippen molar-refractivity contribution >= 4 is 23.2 Å². The average molecular weight is 313 g/mol. The number of benzene rings is 2. The van der Waals surface area contributed by atoms with Gasteiger partial charge in [0.05, 0.1) is 6.04 Å². The lowest BCUT2D eigenvalue weighted by Gasteiger charge is -2.18. The maximum atomic E-state index is 13.8. The number of hydrogen-bond donors (Lipinski definition) is 2. The number of halogens is 3. The lowest BCUT2D eigenvalue weighted by molar-refractivity contribution is 0.529. The third-order valence-corrected chi connectivity index (χ3v) is 3.73. The van der Waals surface area contributed by atoms with Gasteiger partial charge in [-0.2, -0.15) is 0 Å². The molecule has 0 saturated carbocycles. The Morgan fingerprint density at radius 3 is 2.60 bits per heavy atom. The molecule has 0 amide bonds. The molecule has 0 aliphatic heterocycles. The van der Waals surface area contributed by atoms with Gasteiger partial charge in [0.25, 0.3) is 0 Å². The zero-order valence-corrected chi connectivity index (χ0v) is 12.5. The Morgan fingerprint density at radius 1 is 1.20 bits per heavy atom. The molecule has 0 spiro atoms. The van der Waals surface area contributed by atoms with Crippen molar-refractivity contribution in [2.24, 2.45) is 5.84 Å². The van der Waals surface area contributed by atoms with Crippen molar-refractivity contribution in [3.05, 3.63) is 69.0 Å². The first-order chi connectivity index (χ1) is 9.51. The first kappa shape index (κ1) is 15.3. The van der Waals surface area contributed by atoms with E-state index in [-0.39, 0.29) is 11.9 Å². The molecule has 0 saturated heterocycles. The molecule has 0 radical (unpaired) electrons. The lowest BCUT2D eigenvalue weighted by Crippen LogP contribution is -2.30. The third kappa shape index (κ3) is 3.49. The molecular weight excluding hydrogens is 298 g/mol. The van der Waals surface area contributed by atoms with Crippen LogP contribution in [0.4, 0.5) is 4.39 Å². The van der Waals surface area contributed by atoms with Crippen molar-refractivity contribution in [1.29, 1.82) is 0 Å². The minimum atomic E-state index is -0.308. The minimum Gasteiger partial charge on any atom is -0.271 e. The molecule has 106 valence electrons. The topological polar surface area (TPSA) is 38.0 Å². The van der Waals surface area contributed by atoms with E-state index < -0.39 is 0 Å². The maximum absolute atomic E-state index is 13.8. The predicted octanol–water partition coefficient (Wildman–Crippen LogP) is 4.19. The zero-order valence-electron chi connectivity index (χ0n) is 11.0. The highest BCUT2D eigenvalue weighted by atomic mass is 35.5. The molecule has 0 fully saturated rings. The van der Waals surface area contributed by atoms with Gasteiger partial charge in [-0.1, -0.05) is 35.3 Å². The number of hydrazine groups is 1. The fourth-order valence-electron chi connectivity index (χ4n) is 2.09. The van der Waals surface area contributed by atoms with Gasteiger partial charge in [-0.05, 0) is 54.3 Å². The van der Waals surface area contributed by atoms with Crippen LogP contribution in [0.25, 0.3) is 0 Å². The normalized spacial score (nSPS) is 12.4. The van der Waals surface area contributed by atoms with Crippen LogP contribution in [-0.4, -0.2) is 0 Å². The molecule has 0 heterocycles. The van der Waals surface area contributed by atoms with E-state index in [1.54, 1.807) is 6.07 Å². The van der Waals surface area contributed by atoms with Crippen LogP contribution < -0.4 is 11.3 Å². The summed E-state index contributed by atoms with van der Waals surface area (Å²) in [5.41, 5.74) is 5.07. The quantitative estimate of drug-likeness (QED) is 0.656. The number of aryl methyl sites for hydroxylation is 1. The smallest absolute Gasteiger partial charge is 0.126 e. The van der Waals surface area contributed by atoms with Crippen molar-refractivity contribution in [2.45, 2.75) is 19.4 Å². The summed E-state index contributed by atoms with van der Waals surface area (Å²) in [5, 5.41) is 1.10. The van der Waals surface area contributed by atoms with E-state index in [2.05, 4.69) is 5.43 Å². The molecule has 0 aliphatic carbocycles. The van der Waals surface area contributed by atoms with E-state index in [1.165, 1.54) is 12.1 Å². The van der Waals surface area contributed by atoms with Crippen molar-refractivity contribution in [2.75, 3.05) is 0 Å². The van der Waals surface area contributed by atoms with E-state index in [0.29, 0.717) is 22.0 Å². The number of rotatable bonds is 4. The number of nitrogens with one attached hydrogen (secondary N) is 1. The second kappa shape index (κ2) is 6.55. The molecule has 2 aromatic carbocycles. The molecule has 2 nitrogen and oxygen atoms in total. The van der Waals surface area contributed by atoms with Crippen molar-refractivity contribution in [3.63, 3.8) is 0 Å². The summed E-state index contributed by atoms with van der Waals surface area (Å²) in [6.45, 7) is 1.96. The Hall–Kier alpha value is -1.13. The Morgan fingerprint density at radius 2 is 1.95 bits per heavy atom. The predicted molar refractivity (Wildman–Crippen MR) is 81.4 cm³/mol. The highest BCUT2D eigenvalue weighted by Gasteiger charge is 2.16. The van der Waals surface area contributed by atoms with Gasteiger partial charge in [-0.25, -0.2) is 4.39 Å². The van der Waals surface area contributed by atoms with Gasteiger partial charge < -0.3 is 0 Å². The summed E-state index contributed by atoms with van der Waals surface area (Å²) in [6, 6.07) is 9.88. The van der Waals surface area contributed by atoms with Crippen LogP contribution in [0.15, 0.2) is 36.4 Å². The van der Waals surface area contributed by atoms with Crippen molar-refractivity contribution in [3.8, 4) is 0 Å². The Labute approximate surface area is 127 Å². The first-order valence-electron chi connectivity index (χ1n) is 6.17. The summed E-state index contributed by atoms with van der Waals surface area (Å²) in [5.74, 6) is 5.28. The van der Waals surface area contributed by atoms with Crippen molar-refractivity contribution in [1.82, 2.24) is 5.43 Å². The van der Waals surface area contributed by atoms with E-state index in [9.17, 15) is 4.39 Å². The fraction of sp³-hybridized carbons (Fsp3) is 0.200. The monoisotopic (exact) mass is 312 g/mol. The summed E-state index contributed by atoms with van der Waals surface area (Å²) in [7, 11) is 0. The SMILES string of the molecule is Cc1ccc(C(Cc2cc(Cl)ccc2F)NN)c(Cl)c1. The summed E-state index contributed by atoms with van der Waals surface area (Å²) in [4.78, 5) is 0. The van der Waals surface area contributed by atoms with Crippen LogP contribution in [0.3, 0.4) is 0 Å². The third-order valence-electron chi connectivity index (χ3n) is 3.16. The van der Waals surface area contributed by atoms with Gasteiger partial charge >= 0.3 is 0 Å². The van der Waals surface area contributed by atoms with Crippen LogP contribution in [0, 0.1) is 12.7 Å². The van der Waals surface area contributed by atoms with E-state index in [4.69, 9.17) is 29.0 Å². The maximum Gasteiger partial charge on any atom is 0.126 e. The molecule has 20 heavy (non-hydrogen) atoms. The second-order valence-electron chi connectivity index (χ2n) is 4.68. The van der Waals surface area contributed by atoms with Crippen molar-refractivity contribution < 1.29 is 4.39 Å². The van der Waals surface area contributed by atoms with Crippen LogP contribution in [-0.2, 0) is 6.42 Å². The average Bonchev–Trinajstić information content (AvgIpc) is 2.40. The Kier molecular flexibility index (Phi) is 5.00. The van der Waals surface area contributed by atoms with Gasteiger partial charge in [0.1, 0.15) is 5.82 Å². The Bertz CT molecular complexity index is 617. The molecule has 0 bridgehead atoms. The fourth-order valence-corrected chi connectivity index (χ4v) is 2.65. The second-order valence-corrected chi connectivity index (χ2v) is 5.53. The molecule has 1 atom stereocenters. The van der Waals surface area contributed by atoms with Gasteiger partial charge in [0.2, 0.25) is 0 Å². The zero-order chi connectivity index (χ0) is 14.7. The standard InChI is InChI=1S/C15H15Cl2FN2/c1-9-2-4-12(13(17)6-9)15(20-19)8-10-7-11(16)3-5-14(10)18/h2-7,15,20H,8,19H2,1H3. The molecule has 3 N–H and O–H groups in total. The molecule has 5 heteroatoms.